The van der Waals surface area contributed by atoms with Crippen molar-refractivity contribution in [2.24, 2.45) is 0 Å². The zero-order valence-electron chi connectivity index (χ0n) is 12.6. The SMILES string of the molecule is O=C(C=Cc1cccc(NS(=O)(=O)/C=C/c2ccccc2)c1)NO. The minimum Gasteiger partial charge on any atom is -0.288 e. The van der Waals surface area contributed by atoms with Crippen LogP contribution in [0.3, 0.4) is 0 Å². The van der Waals surface area contributed by atoms with Gasteiger partial charge in [0.2, 0.25) is 0 Å². The van der Waals surface area contributed by atoms with Gasteiger partial charge in [-0.1, -0.05) is 42.5 Å². The first-order valence-electron chi connectivity index (χ1n) is 6.97. The van der Waals surface area contributed by atoms with Crippen LogP contribution in [0.25, 0.3) is 12.2 Å². The van der Waals surface area contributed by atoms with E-state index < -0.39 is 15.9 Å². The smallest absolute Gasteiger partial charge is 0.267 e. The summed E-state index contributed by atoms with van der Waals surface area (Å²) >= 11 is 0. The number of anilines is 1. The van der Waals surface area contributed by atoms with Gasteiger partial charge in [0.25, 0.3) is 15.9 Å². The average molecular weight is 344 g/mol. The van der Waals surface area contributed by atoms with Gasteiger partial charge in [-0.25, -0.2) is 13.9 Å². The molecule has 0 saturated heterocycles. The van der Waals surface area contributed by atoms with Crippen molar-refractivity contribution in [3.63, 3.8) is 0 Å². The minimum absolute atomic E-state index is 0.360. The number of hydrogen-bond acceptors (Lipinski definition) is 4. The summed E-state index contributed by atoms with van der Waals surface area (Å²) in [5, 5.41) is 9.51. The number of benzene rings is 2. The third kappa shape index (κ3) is 5.71. The zero-order chi connectivity index (χ0) is 17.4. The summed E-state index contributed by atoms with van der Waals surface area (Å²) in [6.07, 6.45) is 4.07. The van der Waals surface area contributed by atoms with Crippen LogP contribution in [0, 0.1) is 0 Å². The van der Waals surface area contributed by atoms with Crippen LogP contribution in [0.15, 0.2) is 66.1 Å². The van der Waals surface area contributed by atoms with Crippen molar-refractivity contribution >= 4 is 33.8 Å². The molecular formula is C17H16N2O4S. The van der Waals surface area contributed by atoms with Crippen LogP contribution in [-0.4, -0.2) is 19.5 Å². The number of nitrogens with one attached hydrogen (secondary N) is 2. The number of carbonyl (C=O) groups excluding carboxylic acids is 1. The van der Waals surface area contributed by atoms with E-state index in [2.05, 4.69) is 4.72 Å². The Morgan fingerprint density at radius 2 is 1.67 bits per heavy atom. The van der Waals surface area contributed by atoms with Crippen molar-refractivity contribution in [1.29, 1.82) is 0 Å². The van der Waals surface area contributed by atoms with E-state index in [1.54, 1.807) is 36.4 Å². The number of rotatable bonds is 6. The van der Waals surface area contributed by atoms with Crippen molar-refractivity contribution in [3.05, 3.63) is 77.2 Å². The molecule has 0 unspecified atom stereocenters. The largest absolute Gasteiger partial charge is 0.288 e. The summed E-state index contributed by atoms with van der Waals surface area (Å²) in [5.41, 5.74) is 3.21. The van der Waals surface area contributed by atoms with Crippen LogP contribution in [0.2, 0.25) is 0 Å². The lowest BCUT2D eigenvalue weighted by atomic mass is 10.2. The van der Waals surface area contributed by atoms with Gasteiger partial charge in [-0.3, -0.25) is 14.7 Å². The first-order valence-corrected chi connectivity index (χ1v) is 8.51. The number of hydroxylamine groups is 1. The molecule has 0 aromatic heterocycles. The van der Waals surface area contributed by atoms with E-state index >= 15 is 0 Å². The maximum Gasteiger partial charge on any atom is 0.267 e. The Morgan fingerprint density at radius 1 is 0.958 bits per heavy atom. The molecule has 6 nitrogen and oxygen atoms in total. The normalized spacial score (nSPS) is 11.7. The molecule has 7 heteroatoms. The molecule has 124 valence electrons. The van der Waals surface area contributed by atoms with Crippen molar-refractivity contribution in [3.8, 4) is 0 Å². The molecule has 2 rings (SSSR count). The predicted octanol–water partition coefficient (Wildman–Crippen LogP) is 2.62. The van der Waals surface area contributed by atoms with Crippen LogP contribution in [0.1, 0.15) is 11.1 Å². The highest BCUT2D eigenvalue weighted by Gasteiger charge is 2.05. The molecule has 0 aliphatic rings. The summed E-state index contributed by atoms with van der Waals surface area (Å²) in [5.74, 6) is -0.674. The quantitative estimate of drug-likeness (QED) is 0.426. The van der Waals surface area contributed by atoms with E-state index in [9.17, 15) is 13.2 Å². The van der Waals surface area contributed by atoms with Gasteiger partial charge >= 0.3 is 0 Å². The Labute approximate surface area is 140 Å². The molecule has 0 saturated carbocycles. The first-order chi connectivity index (χ1) is 11.5. The zero-order valence-corrected chi connectivity index (χ0v) is 13.4. The fourth-order valence-electron chi connectivity index (χ4n) is 1.85. The molecule has 2 aromatic carbocycles. The third-order valence-corrected chi connectivity index (χ3v) is 3.94. The van der Waals surface area contributed by atoms with Gasteiger partial charge in [-0.15, -0.1) is 0 Å². The summed E-state index contributed by atoms with van der Waals surface area (Å²) in [6, 6.07) is 15.6. The molecule has 2 aromatic rings. The van der Waals surface area contributed by atoms with Crippen molar-refractivity contribution < 1.29 is 18.4 Å². The van der Waals surface area contributed by atoms with Gasteiger partial charge in [-0.2, -0.15) is 0 Å². The van der Waals surface area contributed by atoms with Crippen molar-refractivity contribution in [2.75, 3.05) is 4.72 Å². The van der Waals surface area contributed by atoms with E-state index in [1.165, 1.54) is 17.6 Å². The predicted molar refractivity (Wildman–Crippen MR) is 93.4 cm³/mol. The van der Waals surface area contributed by atoms with Gasteiger partial charge in [-0.05, 0) is 35.4 Å². The molecule has 24 heavy (non-hydrogen) atoms. The van der Waals surface area contributed by atoms with Crippen molar-refractivity contribution in [2.45, 2.75) is 0 Å². The second-order valence-electron chi connectivity index (χ2n) is 4.80. The molecule has 0 atom stereocenters. The topological polar surface area (TPSA) is 95.5 Å². The lowest BCUT2D eigenvalue weighted by Crippen LogP contribution is -2.14. The first kappa shape index (κ1) is 17.5. The standard InChI is InChI=1S/C17H16N2O4S/c20-17(18-21)10-9-15-7-4-8-16(13-15)19-24(22,23)12-11-14-5-2-1-3-6-14/h1-13,19,21H,(H,18,20)/b10-9?,12-11+. The highest BCUT2D eigenvalue weighted by atomic mass is 32.2. The monoisotopic (exact) mass is 344 g/mol. The fraction of sp³-hybridized carbons (Fsp3) is 0. The molecule has 0 aliphatic heterocycles. The van der Waals surface area contributed by atoms with Gasteiger partial charge in [0, 0.05) is 11.8 Å². The summed E-state index contributed by atoms with van der Waals surface area (Å²) < 4.78 is 26.6. The van der Waals surface area contributed by atoms with E-state index in [-0.39, 0.29) is 0 Å². The molecule has 3 N–H and O–H groups in total. The van der Waals surface area contributed by atoms with Crippen molar-refractivity contribution in [1.82, 2.24) is 5.48 Å². The van der Waals surface area contributed by atoms with Gasteiger partial charge in [0.15, 0.2) is 0 Å². The van der Waals surface area contributed by atoms with E-state index in [1.807, 2.05) is 18.2 Å². The average Bonchev–Trinajstić information content (AvgIpc) is 2.59. The van der Waals surface area contributed by atoms with Crippen LogP contribution < -0.4 is 10.2 Å². The molecule has 0 aliphatic carbocycles. The van der Waals surface area contributed by atoms with Crippen LogP contribution in [0.5, 0.6) is 0 Å². The second-order valence-corrected chi connectivity index (χ2v) is 6.36. The van der Waals surface area contributed by atoms with Gasteiger partial charge in [0.1, 0.15) is 0 Å². The van der Waals surface area contributed by atoms with E-state index in [0.29, 0.717) is 11.3 Å². The Balaban J connectivity index is 2.11. The number of hydrogen-bond donors (Lipinski definition) is 3. The summed E-state index contributed by atoms with van der Waals surface area (Å²) in [6.45, 7) is 0. The van der Waals surface area contributed by atoms with Crippen LogP contribution >= 0.6 is 0 Å². The number of amides is 1. The van der Waals surface area contributed by atoms with Crippen LogP contribution in [0.4, 0.5) is 5.69 Å². The van der Waals surface area contributed by atoms with Gasteiger partial charge in [0.05, 0.1) is 5.41 Å². The summed E-state index contributed by atoms with van der Waals surface area (Å²) in [7, 11) is -3.66. The lowest BCUT2D eigenvalue weighted by molar-refractivity contribution is -0.124. The number of sulfonamides is 1. The third-order valence-electron chi connectivity index (χ3n) is 2.92. The maximum atomic E-state index is 12.1. The number of carbonyl (C=O) groups is 1. The molecule has 0 radical (unpaired) electrons. The maximum absolute atomic E-state index is 12.1. The molecule has 0 fully saturated rings. The molecule has 0 spiro atoms. The highest BCUT2D eigenvalue weighted by Crippen LogP contribution is 2.14. The van der Waals surface area contributed by atoms with E-state index in [0.717, 1.165) is 17.0 Å². The fourth-order valence-corrected chi connectivity index (χ4v) is 2.71. The Bertz CT molecular complexity index is 859. The minimum atomic E-state index is -3.66. The van der Waals surface area contributed by atoms with E-state index in [4.69, 9.17) is 5.21 Å². The highest BCUT2D eigenvalue weighted by molar-refractivity contribution is 7.95. The molecule has 0 bridgehead atoms. The van der Waals surface area contributed by atoms with Crippen LogP contribution in [-0.2, 0) is 14.8 Å². The Hall–Kier alpha value is -2.90. The second kappa shape index (κ2) is 8.09. The molecule has 0 heterocycles. The molecular weight excluding hydrogens is 328 g/mol. The molecule has 1 amide bonds. The Kier molecular flexibility index (Phi) is 5.89. The lowest BCUT2D eigenvalue weighted by Gasteiger charge is -2.05. The summed E-state index contributed by atoms with van der Waals surface area (Å²) in [4.78, 5) is 11.0. The Morgan fingerprint density at radius 3 is 2.38 bits per heavy atom. The van der Waals surface area contributed by atoms with Gasteiger partial charge < -0.3 is 0 Å².